The van der Waals surface area contributed by atoms with Crippen LogP contribution in [-0.4, -0.2) is 28.2 Å². The molecule has 0 bridgehead atoms. The Hall–Kier alpha value is -2.47. The van der Waals surface area contributed by atoms with Gasteiger partial charge in [0, 0.05) is 11.3 Å². The van der Waals surface area contributed by atoms with E-state index in [1.54, 1.807) is 18.2 Å². The highest BCUT2D eigenvalue weighted by Crippen LogP contribution is 2.14. The zero-order valence-electron chi connectivity index (χ0n) is 12.5. The largest absolute Gasteiger partial charge is 0.332 e. The lowest BCUT2D eigenvalue weighted by Crippen LogP contribution is -2.34. The van der Waals surface area contributed by atoms with Gasteiger partial charge in [-0.2, -0.15) is 8.75 Å². The van der Waals surface area contributed by atoms with E-state index in [1.807, 2.05) is 0 Å². The quantitative estimate of drug-likeness (QED) is 0.575. The van der Waals surface area contributed by atoms with E-state index in [0.717, 1.165) is 17.2 Å². The molecule has 1 aromatic heterocycles. The molecule has 0 aliphatic heterocycles. The van der Waals surface area contributed by atoms with Gasteiger partial charge in [-0.1, -0.05) is 0 Å². The van der Waals surface area contributed by atoms with Gasteiger partial charge in [0.05, 0.1) is 16.6 Å². The van der Waals surface area contributed by atoms with Crippen molar-refractivity contribution in [2.24, 2.45) is 5.14 Å². The molecule has 0 aliphatic carbocycles. The minimum Gasteiger partial charge on any atom is -0.332 e. The number of benzene rings is 2. The minimum atomic E-state index is -3.76. The van der Waals surface area contributed by atoms with Gasteiger partial charge in [-0.3, -0.25) is 10.1 Å². The van der Waals surface area contributed by atoms with Crippen LogP contribution in [0, 0.1) is 0 Å². The SMILES string of the molecule is NS(=O)(=O)c1ccc(NC(=S)NC(=O)c2ccc3nsnc3c2)cc1. The maximum Gasteiger partial charge on any atom is 0.257 e. The second kappa shape index (κ2) is 6.80. The molecule has 1 heterocycles. The van der Waals surface area contributed by atoms with Gasteiger partial charge in [0.2, 0.25) is 10.0 Å². The molecule has 3 aromatic rings. The normalized spacial score (nSPS) is 11.2. The van der Waals surface area contributed by atoms with E-state index in [2.05, 4.69) is 19.4 Å². The Balaban J connectivity index is 1.66. The lowest BCUT2D eigenvalue weighted by atomic mass is 10.2. The number of hydrogen-bond acceptors (Lipinski definition) is 7. The molecule has 8 nitrogen and oxygen atoms in total. The van der Waals surface area contributed by atoms with Crippen LogP contribution in [0.15, 0.2) is 47.4 Å². The number of aromatic nitrogens is 2. The van der Waals surface area contributed by atoms with E-state index < -0.39 is 15.9 Å². The number of nitrogens with two attached hydrogens (primary N) is 1. The average molecular weight is 393 g/mol. The van der Waals surface area contributed by atoms with Gasteiger partial charge in [0.15, 0.2) is 5.11 Å². The Kier molecular flexibility index (Phi) is 4.72. The number of amides is 1. The summed E-state index contributed by atoms with van der Waals surface area (Å²) in [7, 11) is -3.76. The van der Waals surface area contributed by atoms with E-state index in [1.165, 1.54) is 24.3 Å². The molecule has 3 rings (SSSR count). The van der Waals surface area contributed by atoms with Crippen molar-refractivity contribution >= 4 is 61.7 Å². The summed E-state index contributed by atoms with van der Waals surface area (Å²) >= 11 is 6.16. The first-order valence-electron chi connectivity index (χ1n) is 6.80. The summed E-state index contributed by atoms with van der Waals surface area (Å²) in [5, 5.41) is 10.4. The molecule has 0 saturated heterocycles. The highest BCUT2D eigenvalue weighted by atomic mass is 32.2. The number of sulfonamides is 1. The van der Waals surface area contributed by atoms with Crippen LogP contribution in [0.3, 0.4) is 0 Å². The van der Waals surface area contributed by atoms with Crippen LogP contribution in [0.4, 0.5) is 5.69 Å². The maximum atomic E-state index is 12.2. The molecular formula is C14H11N5O3S3. The molecule has 4 N–H and O–H groups in total. The Labute approximate surface area is 152 Å². The van der Waals surface area contributed by atoms with Crippen LogP contribution < -0.4 is 15.8 Å². The molecule has 0 fully saturated rings. The number of rotatable bonds is 3. The first-order chi connectivity index (χ1) is 11.8. The third-order valence-electron chi connectivity index (χ3n) is 3.18. The molecule has 2 aromatic carbocycles. The molecule has 0 spiro atoms. The number of hydrogen-bond donors (Lipinski definition) is 3. The van der Waals surface area contributed by atoms with Crippen LogP contribution in [-0.2, 0) is 10.0 Å². The Morgan fingerprint density at radius 2 is 1.76 bits per heavy atom. The maximum absolute atomic E-state index is 12.2. The summed E-state index contributed by atoms with van der Waals surface area (Å²) in [6, 6.07) is 10.6. The number of nitrogens with one attached hydrogen (secondary N) is 2. The van der Waals surface area contributed by atoms with Gasteiger partial charge < -0.3 is 5.32 Å². The van der Waals surface area contributed by atoms with Gasteiger partial charge in [0.1, 0.15) is 11.0 Å². The number of carbonyl (C=O) groups excluding carboxylic acids is 1. The molecule has 0 saturated carbocycles. The van der Waals surface area contributed by atoms with Crippen LogP contribution in [0.5, 0.6) is 0 Å². The fraction of sp³-hybridized carbons (Fsp3) is 0. The zero-order valence-corrected chi connectivity index (χ0v) is 14.9. The van der Waals surface area contributed by atoms with E-state index in [4.69, 9.17) is 17.4 Å². The van der Waals surface area contributed by atoms with Gasteiger partial charge in [-0.25, -0.2) is 13.6 Å². The van der Waals surface area contributed by atoms with E-state index in [0.29, 0.717) is 16.8 Å². The highest BCUT2D eigenvalue weighted by Gasteiger charge is 2.11. The summed E-state index contributed by atoms with van der Waals surface area (Å²) in [5.74, 6) is -0.395. The Morgan fingerprint density at radius 3 is 2.44 bits per heavy atom. The Bertz CT molecular complexity index is 1060. The first kappa shape index (κ1) is 17.4. The van der Waals surface area contributed by atoms with E-state index in [-0.39, 0.29) is 10.0 Å². The molecular weight excluding hydrogens is 382 g/mol. The third-order valence-corrected chi connectivity index (χ3v) is 4.87. The second-order valence-corrected chi connectivity index (χ2v) is 7.44. The summed E-state index contributed by atoms with van der Waals surface area (Å²) < 4.78 is 30.6. The predicted octanol–water partition coefficient (Wildman–Crippen LogP) is 1.47. The molecule has 128 valence electrons. The second-order valence-electron chi connectivity index (χ2n) is 4.95. The predicted molar refractivity (Wildman–Crippen MR) is 98.9 cm³/mol. The number of primary sulfonamides is 1. The topological polar surface area (TPSA) is 127 Å². The summed E-state index contributed by atoms with van der Waals surface area (Å²) in [6.45, 7) is 0. The van der Waals surface area contributed by atoms with E-state index >= 15 is 0 Å². The van der Waals surface area contributed by atoms with Crippen LogP contribution in [0.25, 0.3) is 11.0 Å². The molecule has 0 unspecified atom stereocenters. The van der Waals surface area contributed by atoms with Crippen LogP contribution in [0.1, 0.15) is 10.4 Å². The highest BCUT2D eigenvalue weighted by molar-refractivity contribution is 7.89. The smallest absolute Gasteiger partial charge is 0.257 e. The van der Waals surface area contributed by atoms with Crippen molar-refractivity contribution in [1.29, 1.82) is 0 Å². The van der Waals surface area contributed by atoms with Crippen molar-refractivity contribution in [1.82, 2.24) is 14.1 Å². The van der Waals surface area contributed by atoms with Gasteiger partial charge >= 0.3 is 0 Å². The third kappa shape index (κ3) is 4.14. The summed E-state index contributed by atoms with van der Waals surface area (Å²) in [4.78, 5) is 12.2. The number of fused-ring (bicyclic) bond motifs is 1. The zero-order chi connectivity index (χ0) is 18.0. The average Bonchev–Trinajstić information content (AvgIpc) is 3.01. The van der Waals surface area contributed by atoms with Gasteiger partial charge in [-0.15, -0.1) is 0 Å². The van der Waals surface area contributed by atoms with Gasteiger partial charge in [-0.05, 0) is 54.7 Å². The van der Waals surface area contributed by atoms with Crippen molar-refractivity contribution in [3.8, 4) is 0 Å². The van der Waals surface area contributed by atoms with E-state index in [9.17, 15) is 13.2 Å². The standard InChI is InChI=1S/C14H11N5O3S3/c15-25(21,22)10-4-2-9(3-5-10)16-14(23)17-13(20)8-1-6-11-12(7-8)19-24-18-11/h1-7H,(H2,15,21,22)(H2,16,17,20,23). The fourth-order valence-electron chi connectivity index (χ4n) is 1.99. The molecule has 0 aliphatic rings. The number of anilines is 1. The number of carbonyl (C=O) groups is 1. The molecule has 11 heteroatoms. The fourth-order valence-corrected chi connectivity index (χ4v) is 3.23. The Morgan fingerprint density at radius 1 is 1.08 bits per heavy atom. The number of thiocarbonyl (C=S) groups is 1. The lowest BCUT2D eigenvalue weighted by Gasteiger charge is -2.10. The van der Waals surface area contributed by atoms with Crippen LogP contribution in [0.2, 0.25) is 0 Å². The monoisotopic (exact) mass is 393 g/mol. The lowest BCUT2D eigenvalue weighted by molar-refractivity contribution is 0.0978. The van der Waals surface area contributed by atoms with Crippen molar-refractivity contribution in [2.45, 2.75) is 4.90 Å². The van der Waals surface area contributed by atoms with Crippen LogP contribution >= 0.6 is 23.9 Å². The van der Waals surface area contributed by atoms with Crippen molar-refractivity contribution < 1.29 is 13.2 Å². The van der Waals surface area contributed by atoms with Crippen molar-refractivity contribution in [3.63, 3.8) is 0 Å². The minimum absolute atomic E-state index is 0.0156. The molecule has 1 amide bonds. The summed E-state index contributed by atoms with van der Waals surface area (Å²) in [5.41, 5.74) is 2.26. The molecule has 0 atom stereocenters. The molecule has 0 radical (unpaired) electrons. The number of nitrogens with zero attached hydrogens (tertiary/aromatic N) is 2. The van der Waals surface area contributed by atoms with Crippen molar-refractivity contribution in [3.05, 3.63) is 48.0 Å². The molecule has 25 heavy (non-hydrogen) atoms. The van der Waals surface area contributed by atoms with Crippen molar-refractivity contribution in [2.75, 3.05) is 5.32 Å². The summed E-state index contributed by atoms with van der Waals surface area (Å²) in [6.07, 6.45) is 0. The van der Waals surface area contributed by atoms with Gasteiger partial charge in [0.25, 0.3) is 5.91 Å². The first-order valence-corrected chi connectivity index (χ1v) is 9.49.